The van der Waals surface area contributed by atoms with E-state index in [1.807, 2.05) is 24.3 Å². The van der Waals surface area contributed by atoms with Gasteiger partial charge >= 0.3 is 6.09 Å². The van der Waals surface area contributed by atoms with E-state index in [0.29, 0.717) is 0 Å². The third-order valence-electron chi connectivity index (χ3n) is 1.83. The molecule has 1 aromatic rings. The number of carbonyl (C=O) groups is 1. The van der Waals surface area contributed by atoms with Gasteiger partial charge in [0.25, 0.3) is 0 Å². The molecular formula is C9H8N2O2. The highest BCUT2D eigenvalue weighted by atomic mass is 16.4. The molecular weight excluding hydrogens is 168 g/mol. The Morgan fingerprint density at radius 2 is 2.00 bits per heavy atom. The molecule has 0 atom stereocenters. The summed E-state index contributed by atoms with van der Waals surface area (Å²) in [6.07, 6.45) is 2.17. The van der Waals surface area contributed by atoms with Crippen LogP contribution in [-0.2, 0) is 0 Å². The van der Waals surface area contributed by atoms with Crippen molar-refractivity contribution in [2.24, 2.45) is 0 Å². The van der Waals surface area contributed by atoms with E-state index in [-0.39, 0.29) is 0 Å². The standard InChI is InChI=1S/C9H8N2O2/c12-9(13)11-6-8-4-2-1-3-7(8)5-10-11/h1-6,10H,(H,12,13). The van der Waals surface area contributed by atoms with Crippen molar-refractivity contribution in [3.8, 4) is 0 Å². The Morgan fingerprint density at radius 1 is 1.31 bits per heavy atom. The van der Waals surface area contributed by atoms with Crippen LogP contribution in [0.3, 0.4) is 0 Å². The highest BCUT2D eigenvalue weighted by Gasteiger charge is 2.07. The Morgan fingerprint density at radius 3 is 2.69 bits per heavy atom. The van der Waals surface area contributed by atoms with Crippen LogP contribution in [-0.4, -0.2) is 16.2 Å². The van der Waals surface area contributed by atoms with Crippen molar-refractivity contribution in [1.82, 2.24) is 10.4 Å². The van der Waals surface area contributed by atoms with Gasteiger partial charge < -0.3 is 5.11 Å². The van der Waals surface area contributed by atoms with E-state index in [1.165, 1.54) is 6.20 Å². The highest BCUT2D eigenvalue weighted by Crippen LogP contribution is 1.87. The average Bonchev–Trinajstić information content (AvgIpc) is 2.17. The number of hydrazine groups is 1. The van der Waals surface area contributed by atoms with Crippen molar-refractivity contribution in [3.05, 3.63) is 34.7 Å². The third kappa shape index (κ3) is 1.33. The van der Waals surface area contributed by atoms with E-state index < -0.39 is 6.09 Å². The molecule has 0 saturated heterocycles. The fourth-order valence-corrected chi connectivity index (χ4v) is 1.19. The fourth-order valence-electron chi connectivity index (χ4n) is 1.19. The van der Waals surface area contributed by atoms with Gasteiger partial charge in [0.2, 0.25) is 0 Å². The highest BCUT2D eigenvalue weighted by molar-refractivity contribution is 5.70. The molecule has 0 saturated carbocycles. The maximum absolute atomic E-state index is 10.6. The molecule has 0 aliphatic carbocycles. The summed E-state index contributed by atoms with van der Waals surface area (Å²) in [4.78, 5) is 10.6. The minimum atomic E-state index is -1.02. The first kappa shape index (κ1) is 7.67. The fraction of sp³-hybridized carbons (Fsp3) is 0. The molecule has 4 nitrogen and oxygen atoms in total. The molecule has 0 bridgehead atoms. The molecule has 13 heavy (non-hydrogen) atoms. The number of rotatable bonds is 0. The lowest BCUT2D eigenvalue weighted by atomic mass is 10.2. The maximum atomic E-state index is 10.6. The second-order valence-corrected chi connectivity index (χ2v) is 2.68. The molecule has 0 radical (unpaired) electrons. The van der Waals surface area contributed by atoms with Crippen molar-refractivity contribution in [3.63, 3.8) is 0 Å². The zero-order valence-electron chi connectivity index (χ0n) is 6.77. The van der Waals surface area contributed by atoms with Gasteiger partial charge in [0, 0.05) is 22.8 Å². The number of hydrogen-bond acceptors (Lipinski definition) is 2. The third-order valence-corrected chi connectivity index (χ3v) is 1.83. The Hall–Kier alpha value is -1.97. The van der Waals surface area contributed by atoms with Crippen molar-refractivity contribution in [1.29, 1.82) is 0 Å². The number of carboxylic acid groups (broad SMARTS) is 1. The number of fused-ring (bicyclic) bond motifs is 1. The van der Waals surface area contributed by atoms with Gasteiger partial charge in [-0.05, 0) is 0 Å². The normalized spacial score (nSPS) is 13.4. The summed E-state index contributed by atoms with van der Waals surface area (Å²) in [7, 11) is 0. The molecule has 66 valence electrons. The van der Waals surface area contributed by atoms with E-state index in [1.54, 1.807) is 6.20 Å². The lowest BCUT2D eigenvalue weighted by Gasteiger charge is -2.16. The SMILES string of the molecule is O=C(O)N1C=c2ccccc2=CN1. The molecule has 2 rings (SSSR count). The van der Waals surface area contributed by atoms with Crippen LogP contribution in [0.1, 0.15) is 0 Å². The van der Waals surface area contributed by atoms with E-state index in [4.69, 9.17) is 5.11 Å². The van der Waals surface area contributed by atoms with Gasteiger partial charge in [0.05, 0.1) is 0 Å². The average molecular weight is 176 g/mol. The predicted octanol–water partition coefficient (Wildman–Crippen LogP) is -0.339. The van der Waals surface area contributed by atoms with Crippen LogP contribution < -0.4 is 15.9 Å². The van der Waals surface area contributed by atoms with Crippen LogP contribution in [0.4, 0.5) is 4.79 Å². The molecule has 0 spiro atoms. The first-order valence-corrected chi connectivity index (χ1v) is 3.83. The molecule has 0 aromatic heterocycles. The zero-order valence-corrected chi connectivity index (χ0v) is 6.77. The molecule has 1 heterocycles. The topological polar surface area (TPSA) is 52.6 Å². The summed E-state index contributed by atoms with van der Waals surface area (Å²) in [5.74, 6) is 0. The zero-order chi connectivity index (χ0) is 9.26. The van der Waals surface area contributed by atoms with Gasteiger partial charge in [-0.3, -0.25) is 5.43 Å². The summed E-state index contributed by atoms with van der Waals surface area (Å²) in [6.45, 7) is 0. The minimum absolute atomic E-state index is 0.892. The second-order valence-electron chi connectivity index (χ2n) is 2.68. The first-order valence-electron chi connectivity index (χ1n) is 3.83. The van der Waals surface area contributed by atoms with Gasteiger partial charge in [-0.25, -0.2) is 4.79 Å². The Labute approximate surface area is 74.4 Å². The summed E-state index contributed by atoms with van der Waals surface area (Å²) in [6, 6.07) is 7.55. The van der Waals surface area contributed by atoms with Crippen LogP contribution in [0, 0.1) is 0 Å². The molecule has 4 heteroatoms. The van der Waals surface area contributed by atoms with Crippen molar-refractivity contribution < 1.29 is 9.90 Å². The first-order chi connectivity index (χ1) is 6.27. The molecule has 0 fully saturated rings. The van der Waals surface area contributed by atoms with Crippen LogP contribution >= 0.6 is 0 Å². The quantitative estimate of drug-likeness (QED) is 0.568. The van der Waals surface area contributed by atoms with Gasteiger partial charge in [-0.1, -0.05) is 24.3 Å². The number of hydrogen-bond donors (Lipinski definition) is 2. The molecule has 1 aromatic carbocycles. The van der Waals surface area contributed by atoms with Crippen LogP contribution in [0.5, 0.6) is 0 Å². The summed E-state index contributed by atoms with van der Waals surface area (Å²) in [5.41, 5.74) is 2.63. The van der Waals surface area contributed by atoms with Crippen LogP contribution in [0.15, 0.2) is 24.3 Å². The Kier molecular flexibility index (Phi) is 1.66. The van der Waals surface area contributed by atoms with Gasteiger partial charge in [-0.15, -0.1) is 0 Å². The van der Waals surface area contributed by atoms with Crippen molar-refractivity contribution >= 4 is 18.5 Å². The van der Waals surface area contributed by atoms with Crippen molar-refractivity contribution in [2.75, 3.05) is 0 Å². The molecule has 2 N–H and O–H groups in total. The molecule has 1 aliphatic rings. The van der Waals surface area contributed by atoms with E-state index >= 15 is 0 Å². The second kappa shape index (κ2) is 2.82. The van der Waals surface area contributed by atoms with Crippen molar-refractivity contribution in [2.45, 2.75) is 0 Å². The Bertz CT molecular complexity index is 453. The maximum Gasteiger partial charge on any atom is 0.430 e. The van der Waals surface area contributed by atoms with Gasteiger partial charge in [0.15, 0.2) is 0 Å². The summed E-state index contributed by atoms with van der Waals surface area (Å²) < 4.78 is 0. The van der Waals surface area contributed by atoms with E-state index in [0.717, 1.165) is 15.4 Å². The largest absolute Gasteiger partial charge is 0.463 e. The van der Waals surface area contributed by atoms with Gasteiger partial charge in [-0.2, -0.15) is 5.01 Å². The number of benzene rings is 1. The Balaban J connectivity index is 2.55. The minimum Gasteiger partial charge on any atom is -0.463 e. The molecule has 0 unspecified atom stereocenters. The van der Waals surface area contributed by atoms with Gasteiger partial charge in [0.1, 0.15) is 0 Å². The lowest BCUT2D eigenvalue weighted by molar-refractivity contribution is 0.160. The van der Waals surface area contributed by atoms with Crippen LogP contribution in [0.25, 0.3) is 12.4 Å². The molecule has 1 amide bonds. The van der Waals surface area contributed by atoms with E-state index in [2.05, 4.69) is 5.43 Å². The lowest BCUT2D eigenvalue weighted by Crippen LogP contribution is -2.44. The molecule has 1 aliphatic heterocycles. The van der Waals surface area contributed by atoms with Crippen LogP contribution in [0.2, 0.25) is 0 Å². The van der Waals surface area contributed by atoms with E-state index in [9.17, 15) is 4.79 Å². The number of amides is 1. The number of nitrogens with zero attached hydrogens (tertiary/aromatic N) is 1. The number of nitrogens with one attached hydrogen (secondary N) is 1. The summed E-state index contributed by atoms with van der Waals surface area (Å²) in [5, 5.41) is 11.6. The predicted molar refractivity (Wildman–Crippen MR) is 47.6 cm³/mol. The smallest absolute Gasteiger partial charge is 0.430 e. The monoisotopic (exact) mass is 176 g/mol. The summed E-state index contributed by atoms with van der Waals surface area (Å²) >= 11 is 0.